The fraction of sp³-hybridized carbons (Fsp3) is 0.632. The third-order valence-corrected chi connectivity index (χ3v) is 6.63. The molecule has 0 radical (unpaired) electrons. The third kappa shape index (κ3) is 5.05. The van der Waals surface area contributed by atoms with E-state index in [1.807, 2.05) is 13.8 Å². The Balaban J connectivity index is 2.11. The summed E-state index contributed by atoms with van der Waals surface area (Å²) in [6, 6.07) is 3.20. The molecule has 1 aromatic rings. The number of carbonyl (C=O) groups excluding carboxylic acids is 1. The maximum Gasteiger partial charge on any atom is 0.251 e. The van der Waals surface area contributed by atoms with Crippen molar-refractivity contribution in [1.29, 1.82) is 0 Å². The number of piperidine rings is 1. The molecule has 0 saturated carbocycles. The van der Waals surface area contributed by atoms with E-state index in [9.17, 15) is 13.2 Å². The molecule has 1 aliphatic heterocycles. The minimum absolute atomic E-state index is 0.00114. The van der Waals surface area contributed by atoms with Crippen LogP contribution in [0.15, 0.2) is 17.0 Å². The van der Waals surface area contributed by atoms with Crippen molar-refractivity contribution in [3.05, 3.63) is 28.8 Å². The molecule has 1 aliphatic rings. The van der Waals surface area contributed by atoms with Gasteiger partial charge in [-0.25, -0.2) is 13.1 Å². The van der Waals surface area contributed by atoms with Crippen LogP contribution in [-0.4, -0.2) is 51.9 Å². The third-order valence-electron chi connectivity index (χ3n) is 5.09. The molecule has 2 N–H and O–H groups in total. The number of rotatable bonds is 6. The minimum atomic E-state index is -3.60. The molecule has 146 valence electrons. The van der Waals surface area contributed by atoms with E-state index in [1.165, 1.54) is 26.0 Å². The van der Waals surface area contributed by atoms with E-state index in [0.717, 1.165) is 25.2 Å². The number of carbonyl (C=O) groups is 1. The minimum Gasteiger partial charge on any atom is -0.348 e. The van der Waals surface area contributed by atoms with Crippen molar-refractivity contribution in [2.75, 3.05) is 26.7 Å². The van der Waals surface area contributed by atoms with Crippen LogP contribution in [0.5, 0.6) is 0 Å². The van der Waals surface area contributed by atoms with E-state index in [0.29, 0.717) is 17.0 Å². The van der Waals surface area contributed by atoms with E-state index in [1.54, 1.807) is 13.0 Å². The Labute approximate surface area is 157 Å². The zero-order valence-corrected chi connectivity index (χ0v) is 17.2. The lowest BCUT2D eigenvalue weighted by atomic mass is 10.00. The van der Waals surface area contributed by atoms with Crippen molar-refractivity contribution < 1.29 is 13.2 Å². The normalized spacial score (nSPS) is 20.0. The average Bonchev–Trinajstić information content (AvgIpc) is 2.56. The lowest BCUT2D eigenvalue weighted by Gasteiger charge is -2.32. The number of sulfonamides is 1. The molecule has 2 unspecified atom stereocenters. The molecule has 0 spiro atoms. The number of likely N-dealkylation sites (tertiary alicyclic amines) is 1. The summed E-state index contributed by atoms with van der Waals surface area (Å²) >= 11 is 0. The number of aryl methyl sites for hydroxylation is 1. The number of nitrogens with zero attached hydrogens (tertiary/aromatic N) is 1. The summed E-state index contributed by atoms with van der Waals surface area (Å²) in [5, 5.41) is 3.01. The molecular formula is C19H31N3O3S. The summed E-state index contributed by atoms with van der Waals surface area (Å²) in [5.74, 6) is 0.457. The van der Waals surface area contributed by atoms with Gasteiger partial charge in [0.05, 0.1) is 4.90 Å². The lowest BCUT2D eigenvalue weighted by Crippen LogP contribution is -2.45. The standard InChI is InChI=1S/C19H31N3O3S/c1-13-7-6-8-22(11-13)12-15(3)21-19(23)17-9-14(2)16(4)18(10-17)26(24,25)20-5/h9-10,13,15,20H,6-8,11-12H2,1-5H3,(H,21,23). The number of amides is 1. The van der Waals surface area contributed by atoms with Crippen LogP contribution in [0, 0.1) is 19.8 Å². The Hall–Kier alpha value is -1.44. The molecule has 26 heavy (non-hydrogen) atoms. The van der Waals surface area contributed by atoms with Gasteiger partial charge in [0.25, 0.3) is 5.91 Å². The van der Waals surface area contributed by atoms with Crippen LogP contribution in [-0.2, 0) is 10.0 Å². The maximum absolute atomic E-state index is 12.6. The summed E-state index contributed by atoms with van der Waals surface area (Å²) in [7, 11) is -2.23. The second-order valence-corrected chi connectivity index (χ2v) is 9.36. The van der Waals surface area contributed by atoms with Gasteiger partial charge in [-0.3, -0.25) is 4.79 Å². The zero-order valence-electron chi connectivity index (χ0n) is 16.4. The quantitative estimate of drug-likeness (QED) is 0.791. The monoisotopic (exact) mass is 381 g/mol. The molecule has 1 saturated heterocycles. The first-order chi connectivity index (χ1) is 12.1. The SMILES string of the molecule is CNS(=O)(=O)c1cc(C(=O)NC(C)CN2CCCC(C)C2)cc(C)c1C. The number of nitrogens with one attached hydrogen (secondary N) is 2. The predicted molar refractivity (Wildman–Crippen MR) is 104 cm³/mol. The van der Waals surface area contributed by atoms with Crippen LogP contribution >= 0.6 is 0 Å². The molecule has 1 fully saturated rings. The van der Waals surface area contributed by atoms with Crippen LogP contribution in [0.4, 0.5) is 0 Å². The van der Waals surface area contributed by atoms with E-state index >= 15 is 0 Å². The highest BCUT2D eigenvalue weighted by atomic mass is 32.2. The van der Waals surface area contributed by atoms with Crippen LogP contribution < -0.4 is 10.0 Å². The molecule has 7 heteroatoms. The zero-order chi connectivity index (χ0) is 19.5. The van der Waals surface area contributed by atoms with Gasteiger partial charge in [0, 0.05) is 24.7 Å². The predicted octanol–water partition coefficient (Wildman–Crippen LogP) is 2.06. The average molecular weight is 382 g/mol. The topological polar surface area (TPSA) is 78.5 Å². The van der Waals surface area contributed by atoms with E-state index in [2.05, 4.69) is 21.9 Å². The number of benzene rings is 1. The van der Waals surface area contributed by atoms with Crippen molar-refractivity contribution >= 4 is 15.9 Å². The van der Waals surface area contributed by atoms with Gasteiger partial charge in [-0.2, -0.15) is 0 Å². The smallest absolute Gasteiger partial charge is 0.251 e. The molecule has 1 amide bonds. The van der Waals surface area contributed by atoms with Gasteiger partial charge in [-0.1, -0.05) is 6.92 Å². The van der Waals surface area contributed by atoms with Gasteiger partial charge in [-0.05, 0) is 76.4 Å². The van der Waals surface area contributed by atoms with Gasteiger partial charge >= 0.3 is 0 Å². The summed E-state index contributed by atoms with van der Waals surface area (Å²) in [6.45, 7) is 10.8. The molecule has 1 heterocycles. The summed E-state index contributed by atoms with van der Waals surface area (Å²) in [6.07, 6.45) is 2.47. The lowest BCUT2D eigenvalue weighted by molar-refractivity contribution is 0.0919. The first-order valence-corrected chi connectivity index (χ1v) is 10.7. The number of hydrogen-bond acceptors (Lipinski definition) is 4. The first kappa shape index (κ1) is 20.9. The van der Waals surface area contributed by atoms with Gasteiger partial charge in [0.2, 0.25) is 10.0 Å². The second-order valence-electron chi connectivity index (χ2n) is 7.51. The van der Waals surface area contributed by atoms with Crippen molar-refractivity contribution in [3.8, 4) is 0 Å². The summed E-state index contributed by atoms with van der Waals surface area (Å²) in [4.78, 5) is 15.2. The van der Waals surface area contributed by atoms with Crippen molar-refractivity contribution in [1.82, 2.24) is 14.9 Å². The van der Waals surface area contributed by atoms with Gasteiger partial charge in [-0.15, -0.1) is 0 Å². The van der Waals surface area contributed by atoms with Gasteiger partial charge in [0.1, 0.15) is 0 Å². The van der Waals surface area contributed by atoms with Gasteiger partial charge < -0.3 is 10.2 Å². The molecule has 2 rings (SSSR count). The van der Waals surface area contributed by atoms with Crippen LogP contribution in [0.3, 0.4) is 0 Å². The fourth-order valence-electron chi connectivity index (χ4n) is 3.54. The maximum atomic E-state index is 12.6. The molecule has 1 aromatic carbocycles. The Kier molecular flexibility index (Phi) is 6.82. The molecule has 0 aliphatic carbocycles. The highest BCUT2D eigenvalue weighted by Gasteiger charge is 2.22. The molecule has 0 bridgehead atoms. The van der Waals surface area contributed by atoms with Crippen molar-refractivity contribution in [2.24, 2.45) is 5.92 Å². The molecule has 0 aromatic heterocycles. The van der Waals surface area contributed by atoms with Crippen LogP contribution in [0.2, 0.25) is 0 Å². The van der Waals surface area contributed by atoms with E-state index in [4.69, 9.17) is 0 Å². The van der Waals surface area contributed by atoms with Crippen LogP contribution in [0.25, 0.3) is 0 Å². The van der Waals surface area contributed by atoms with Gasteiger partial charge in [0.15, 0.2) is 0 Å². The summed E-state index contributed by atoms with van der Waals surface area (Å²) < 4.78 is 26.8. The fourth-order valence-corrected chi connectivity index (χ4v) is 4.61. The van der Waals surface area contributed by atoms with E-state index < -0.39 is 10.0 Å². The first-order valence-electron chi connectivity index (χ1n) is 9.22. The largest absolute Gasteiger partial charge is 0.348 e. The Morgan fingerprint density at radius 3 is 2.65 bits per heavy atom. The molecule has 2 atom stereocenters. The Morgan fingerprint density at radius 2 is 2.04 bits per heavy atom. The molecular weight excluding hydrogens is 350 g/mol. The molecule has 6 nitrogen and oxygen atoms in total. The number of hydrogen-bond donors (Lipinski definition) is 2. The van der Waals surface area contributed by atoms with E-state index in [-0.39, 0.29) is 16.8 Å². The van der Waals surface area contributed by atoms with Crippen molar-refractivity contribution in [2.45, 2.75) is 51.5 Å². The van der Waals surface area contributed by atoms with Crippen LogP contribution in [0.1, 0.15) is 48.2 Å². The Morgan fingerprint density at radius 1 is 1.35 bits per heavy atom. The second kappa shape index (κ2) is 8.50. The summed E-state index contributed by atoms with van der Waals surface area (Å²) in [5.41, 5.74) is 1.82. The highest BCUT2D eigenvalue weighted by molar-refractivity contribution is 7.89. The Bertz CT molecular complexity index is 762. The highest BCUT2D eigenvalue weighted by Crippen LogP contribution is 2.21. The van der Waals surface area contributed by atoms with Crippen molar-refractivity contribution in [3.63, 3.8) is 0 Å².